The van der Waals surface area contributed by atoms with Gasteiger partial charge in [-0.3, -0.25) is 10.4 Å². The second-order valence-electron chi connectivity index (χ2n) is 3.09. The Bertz CT molecular complexity index is 345. The Morgan fingerprint density at radius 3 is 3.00 bits per heavy atom. The van der Waals surface area contributed by atoms with Crippen molar-refractivity contribution in [3.8, 4) is 0 Å². The van der Waals surface area contributed by atoms with Crippen molar-refractivity contribution < 1.29 is 0 Å². The standard InChI is InChI=1S/C9H12N4/c1-7-8(4-3-5-10-7)9-12-11-6-13(9)2/h3-5,11H,6H2,1-2H3. The fourth-order valence-corrected chi connectivity index (χ4v) is 1.36. The number of hydrogen-bond acceptors (Lipinski definition) is 4. The van der Waals surface area contributed by atoms with Crippen LogP contribution in [0.2, 0.25) is 0 Å². The molecular weight excluding hydrogens is 164 g/mol. The zero-order valence-corrected chi connectivity index (χ0v) is 7.78. The average molecular weight is 176 g/mol. The molecule has 0 aliphatic carbocycles. The summed E-state index contributed by atoms with van der Waals surface area (Å²) in [5.74, 6) is 0.964. The molecule has 0 radical (unpaired) electrons. The zero-order chi connectivity index (χ0) is 9.26. The Hall–Kier alpha value is -1.58. The molecule has 0 fully saturated rings. The molecule has 13 heavy (non-hydrogen) atoms. The Balaban J connectivity index is 2.40. The molecule has 2 heterocycles. The summed E-state index contributed by atoms with van der Waals surface area (Å²) in [4.78, 5) is 6.28. The first-order chi connectivity index (χ1) is 6.29. The summed E-state index contributed by atoms with van der Waals surface area (Å²) in [6, 6.07) is 3.96. The second-order valence-corrected chi connectivity index (χ2v) is 3.09. The summed E-state index contributed by atoms with van der Waals surface area (Å²) in [6.45, 7) is 2.76. The highest BCUT2D eigenvalue weighted by Gasteiger charge is 2.16. The highest BCUT2D eigenvalue weighted by atomic mass is 15.5. The summed E-state index contributed by atoms with van der Waals surface area (Å²) in [5, 5.41) is 4.20. The number of amidine groups is 1. The normalized spacial score (nSPS) is 15.5. The number of rotatable bonds is 1. The van der Waals surface area contributed by atoms with Gasteiger partial charge in [0.05, 0.1) is 0 Å². The van der Waals surface area contributed by atoms with Crippen LogP contribution in [0.4, 0.5) is 0 Å². The van der Waals surface area contributed by atoms with E-state index in [4.69, 9.17) is 0 Å². The first-order valence-electron chi connectivity index (χ1n) is 4.22. The molecule has 1 aromatic heterocycles. The van der Waals surface area contributed by atoms with Crippen LogP contribution < -0.4 is 5.43 Å². The fraction of sp³-hybridized carbons (Fsp3) is 0.333. The molecule has 68 valence electrons. The van der Waals surface area contributed by atoms with Crippen LogP contribution in [0, 0.1) is 6.92 Å². The predicted octanol–water partition coefficient (Wildman–Crippen LogP) is 0.544. The van der Waals surface area contributed by atoms with Crippen molar-refractivity contribution in [2.75, 3.05) is 13.7 Å². The van der Waals surface area contributed by atoms with E-state index in [0.717, 1.165) is 23.8 Å². The minimum atomic E-state index is 0.768. The Kier molecular flexibility index (Phi) is 1.88. The van der Waals surface area contributed by atoms with Crippen molar-refractivity contribution in [3.63, 3.8) is 0 Å². The van der Waals surface area contributed by atoms with Gasteiger partial charge in [-0.25, -0.2) is 0 Å². The van der Waals surface area contributed by atoms with Gasteiger partial charge in [-0.1, -0.05) is 0 Å². The van der Waals surface area contributed by atoms with Crippen LogP contribution in [0.1, 0.15) is 11.3 Å². The van der Waals surface area contributed by atoms with E-state index >= 15 is 0 Å². The molecule has 0 unspecified atom stereocenters. The van der Waals surface area contributed by atoms with E-state index in [1.807, 2.05) is 26.1 Å². The van der Waals surface area contributed by atoms with Gasteiger partial charge in [-0.15, -0.1) is 0 Å². The number of nitrogens with one attached hydrogen (secondary N) is 1. The van der Waals surface area contributed by atoms with E-state index in [0.29, 0.717) is 0 Å². The highest BCUT2D eigenvalue weighted by molar-refractivity contribution is 6.00. The summed E-state index contributed by atoms with van der Waals surface area (Å²) in [5.41, 5.74) is 5.04. The first kappa shape index (κ1) is 8.04. The van der Waals surface area contributed by atoms with Crippen LogP contribution in [0.3, 0.4) is 0 Å². The SMILES string of the molecule is Cc1ncccc1C1=NNCN1C. The van der Waals surface area contributed by atoms with Gasteiger partial charge in [-0.05, 0) is 19.1 Å². The minimum absolute atomic E-state index is 0.768. The molecule has 1 N–H and O–H groups in total. The fourth-order valence-electron chi connectivity index (χ4n) is 1.36. The predicted molar refractivity (Wildman–Crippen MR) is 51.3 cm³/mol. The van der Waals surface area contributed by atoms with Gasteiger partial charge >= 0.3 is 0 Å². The maximum absolute atomic E-state index is 4.22. The third kappa shape index (κ3) is 1.35. The molecule has 4 nitrogen and oxygen atoms in total. The maximum atomic E-state index is 4.22. The smallest absolute Gasteiger partial charge is 0.158 e. The molecule has 4 heteroatoms. The monoisotopic (exact) mass is 176 g/mol. The zero-order valence-electron chi connectivity index (χ0n) is 7.78. The average Bonchev–Trinajstić information content (AvgIpc) is 2.52. The van der Waals surface area contributed by atoms with E-state index in [1.54, 1.807) is 6.20 Å². The van der Waals surface area contributed by atoms with Crippen LogP contribution in [-0.2, 0) is 0 Å². The number of pyridine rings is 1. The molecule has 0 saturated carbocycles. The van der Waals surface area contributed by atoms with Crippen molar-refractivity contribution in [1.29, 1.82) is 0 Å². The van der Waals surface area contributed by atoms with E-state index in [1.165, 1.54) is 0 Å². The van der Waals surface area contributed by atoms with Crippen LogP contribution in [0.15, 0.2) is 23.4 Å². The molecule has 1 aliphatic heterocycles. The number of nitrogens with zero attached hydrogens (tertiary/aromatic N) is 3. The van der Waals surface area contributed by atoms with Gasteiger partial charge in [0.2, 0.25) is 0 Å². The van der Waals surface area contributed by atoms with E-state index in [9.17, 15) is 0 Å². The van der Waals surface area contributed by atoms with Gasteiger partial charge in [0.1, 0.15) is 6.67 Å². The van der Waals surface area contributed by atoms with Crippen LogP contribution in [0.5, 0.6) is 0 Å². The van der Waals surface area contributed by atoms with Gasteiger partial charge < -0.3 is 4.90 Å². The minimum Gasteiger partial charge on any atom is -0.339 e. The van der Waals surface area contributed by atoms with Crippen LogP contribution in [-0.4, -0.2) is 29.4 Å². The lowest BCUT2D eigenvalue weighted by Gasteiger charge is -2.12. The summed E-state index contributed by atoms with van der Waals surface area (Å²) in [7, 11) is 2.01. The quantitative estimate of drug-likeness (QED) is 0.679. The molecular formula is C9H12N4. The molecule has 0 saturated heterocycles. The van der Waals surface area contributed by atoms with E-state index in [-0.39, 0.29) is 0 Å². The van der Waals surface area contributed by atoms with Crippen molar-refractivity contribution in [3.05, 3.63) is 29.6 Å². The first-order valence-corrected chi connectivity index (χ1v) is 4.22. The molecule has 1 aromatic rings. The van der Waals surface area contributed by atoms with Crippen LogP contribution >= 0.6 is 0 Å². The Morgan fingerprint density at radius 2 is 2.38 bits per heavy atom. The second kappa shape index (κ2) is 3.05. The molecule has 0 spiro atoms. The van der Waals surface area contributed by atoms with Gasteiger partial charge in [-0.2, -0.15) is 5.10 Å². The largest absolute Gasteiger partial charge is 0.339 e. The van der Waals surface area contributed by atoms with Gasteiger partial charge in [0.15, 0.2) is 5.84 Å². The maximum Gasteiger partial charge on any atom is 0.158 e. The lowest BCUT2D eigenvalue weighted by molar-refractivity contribution is 0.506. The van der Waals surface area contributed by atoms with E-state index in [2.05, 4.69) is 20.4 Å². The van der Waals surface area contributed by atoms with E-state index < -0.39 is 0 Å². The Morgan fingerprint density at radius 1 is 1.54 bits per heavy atom. The Labute approximate surface area is 77.3 Å². The lowest BCUT2D eigenvalue weighted by atomic mass is 10.2. The summed E-state index contributed by atoms with van der Waals surface area (Å²) < 4.78 is 0. The van der Waals surface area contributed by atoms with Gasteiger partial charge in [0.25, 0.3) is 0 Å². The molecule has 2 rings (SSSR count). The highest BCUT2D eigenvalue weighted by Crippen LogP contribution is 2.09. The van der Waals surface area contributed by atoms with Crippen molar-refractivity contribution >= 4 is 5.84 Å². The van der Waals surface area contributed by atoms with Crippen molar-refractivity contribution in [2.45, 2.75) is 6.92 Å². The van der Waals surface area contributed by atoms with Crippen LogP contribution in [0.25, 0.3) is 0 Å². The topological polar surface area (TPSA) is 40.5 Å². The molecule has 0 atom stereocenters. The molecule has 1 aliphatic rings. The summed E-state index contributed by atoms with van der Waals surface area (Å²) >= 11 is 0. The number of aryl methyl sites for hydroxylation is 1. The molecule has 0 amide bonds. The number of aromatic nitrogens is 1. The summed E-state index contributed by atoms with van der Waals surface area (Å²) in [6.07, 6.45) is 1.79. The third-order valence-corrected chi connectivity index (χ3v) is 2.10. The van der Waals surface area contributed by atoms with Gasteiger partial charge in [0, 0.05) is 24.5 Å². The molecule has 0 bridgehead atoms. The number of hydrogen-bond donors (Lipinski definition) is 1. The van der Waals surface area contributed by atoms with Crippen molar-refractivity contribution in [2.24, 2.45) is 5.10 Å². The lowest BCUT2D eigenvalue weighted by Crippen LogP contribution is -2.25. The van der Waals surface area contributed by atoms with Crippen molar-refractivity contribution in [1.82, 2.24) is 15.3 Å². The number of hydrazone groups is 1. The third-order valence-electron chi connectivity index (χ3n) is 2.10. The molecule has 0 aromatic carbocycles.